The summed E-state index contributed by atoms with van der Waals surface area (Å²) in [6.45, 7) is 2.79. The number of anilines is 1. The van der Waals surface area contributed by atoms with Gasteiger partial charge in [0.1, 0.15) is 10.9 Å². The number of hydrogen-bond acceptors (Lipinski definition) is 4. The van der Waals surface area contributed by atoms with Crippen LogP contribution in [0, 0.1) is 0 Å². The summed E-state index contributed by atoms with van der Waals surface area (Å²) in [6, 6.07) is 6.95. The van der Waals surface area contributed by atoms with Crippen molar-refractivity contribution in [1.29, 1.82) is 0 Å². The zero-order chi connectivity index (χ0) is 15.1. The highest BCUT2D eigenvalue weighted by Gasteiger charge is 2.07. The van der Waals surface area contributed by atoms with Crippen molar-refractivity contribution in [2.75, 3.05) is 11.9 Å². The monoisotopic (exact) mass is 305 g/mol. The first-order chi connectivity index (χ1) is 10.2. The number of aromatic nitrogens is 2. The van der Waals surface area contributed by atoms with Crippen LogP contribution in [-0.4, -0.2) is 22.5 Å². The van der Waals surface area contributed by atoms with Gasteiger partial charge in [-0.1, -0.05) is 24.9 Å². The predicted octanol–water partition coefficient (Wildman–Crippen LogP) is 3.56. The van der Waals surface area contributed by atoms with E-state index in [4.69, 9.17) is 16.3 Å². The highest BCUT2D eigenvalue weighted by molar-refractivity contribution is 6.29. The van der Waals surface area contributed by atoms with E-state index in [2.05, 4.69) is 22.2 Å². The summed E-state index contributed by atoms with van der Waals surface area (Å²) in [5.41, 5.74) is 0.514. The van der Waals surface area contributed by atoms with E-state index in [9.17, 15) is 4.79 Å². The van der Waals surface area contributed by atoms with Crippen LogP contribution >= 0.6 is 11.6 Å². The third-order valence-electron chi connectivity index (χ3n) is 2.73. The molecule has 2 aromatic rings. The second-order valence-corrected chi connectivity index (χ2v) is 4.79. The van der Waals surface area contributed by atoms with Crippen molar-refractivity contribution in [2.24, 2.45) is 0 Å². The fourth-order valence-corrected chi connectivity index (χ4v) is 1.78. The predicted molar refractivity (Wildman–Crippen MR) is 81.8 cm³/mol. The number of hydrogen-bond donors (Lipinski definition) is 1. The van der Waals surface area contributed by atoms with Crippen molar-refractivity contribution in [1.82, 2.24) is 9.97 Å². The molecular weight excluding hydrogens is 290 g/mol. The quantitative estimate of drug-likeness (QED) is 0.829. The first kappa shape index (κ1) is 15.3. The lowest BCUT2D eigenvalue weighted by atomic mass is 10.2. The Morgan fingerprint density at radius 2 is 2.05 bits per heavy atom. The molecule has 110 valence electrons. The van der Waals surface area contributed by atoms with Crippen LogP contribution in [0.4, 0.5) is 5.82 Å². The number of unbranched alkanes of at least 4 members (excludes halogenated alkanes) is 1. The molecule has 0 bridgehead atoms. The lowest BCUT2D eigenvalue weighted by Crippen LogP contribution is -2.13. The minimum absolute atomic E-state index is 0.229. The number of ether oxygens (including phenoxy) is 1. The van der Waals surface area contributed by atoms with Gasteiger partial charge < -0.3 is 10.1 Å². The van der Waals surface area contributed by atoms with Gasteiger partial charge >= 0.3 is 0 Å². The molecule has 1 heterocycles. The third kappa shape index (κ3) is 4.72. The zero-order valence-electron chi connectivity index (χ0n) is 11.7. The van der Waals surface area contributed by atoms with Crippen molar-refractivity contribution in [3.63, 3.8) is 0 Å². The van der Waals surface area contributed by atoms with Gasteiger partial charge in [-0.05, 0) is 30.7 Å². The lowest BCUT2D eigenvalue weighted by molar-refractivity contribution is 0.102. The van der Waals surface area contributed by atoms with Gasteiger partial charge in [0.15, 0.2) is 5.82 Å². The van der Waals surface area contributed by atoms with E-state index in [-0.39, 0.29) is 11.1 Å². The van der Waals surface area contributed by atoms with Gasteiger partial charge in [0.25, 0.3) is 5.91 Å². The SMILES string of the molecule is CCCCOc1ccc(C(=O)Nc2cncc(Cl)n2)cc1. The molecule has 0 radical (unpaired) electrons. The third-order valence-corrected chi connectivity index (χ3v) is 2.91. The van der Waals surface area contributed by atoms with Gasteiger partial charge in [0.2, 0.25) is 0 Å². The lowest BCUT2D eigenvalue weighted by Gasteiger charge is -2.07. The molecule has 0 saturated carbocycles. The van der Waals surface area contributed by atoms with Crippen molar-refractivity contribution in [2.45, 2.75) is 19.8 Å². The Hall–Kier alpha value is -2.14. The van der Waals surface area contributed by atoms with Gasteiger partial charge in [-0.3, -0.25) is 9.78 Å². The molecule has 0 aliphatic heterocycles. The summed E-state index contributed by atoms with van der Waals surface area (Å²) in [6.07, 6.45) is 4.93. The summed E-state index contributed by atoms with van der Waals surface area (Å²) >= 11 is 5.71. The smallest absolute Gasteiger partial charge is 0.256 e. The number of halogens is 1. The van der Waals surface area contributed by atoms with Crippen molar-refractivity contribution < 1.29 is 9.53 Å². The van der Waals surface area contributed by atoms with Crippen LogP contribution in [0.25, 0.3) is 0 Å². The Balaban J connectivity index is 1.96. The van der Waals surface area contributed by atoms with Crippen LogP contribution in [0.2, 0.25) is 5.15 Å². The van der Waals surface area contributed by atoms with E-state index in [0.29, 0.717) is 18.0 Å². The Morgan fingerprint density at radius 3 is 2.71 bits per heavy atom. The van der Waals surface area contributed by atoms with Crippen LogP contribution in [-0.2, 0) is 0 Å². The molecule has 0 unspecified atom stereocenters. The fourth-order valence-electron chi connectivity index (χ4n) is 1.63. The molecule has 2 rings (SSSR count). The van der Waals surface area contributed by atoms with Crippen LogP contribution in [0.1, 0.15) is 30.1 Å². The summed E-state index contributed by atoms with van der Waals surface area (Å²) in [5, 5.41) is 2.86. The first-order valence-corrected chi connectivity index (χ1v) is 7.08. The molecule has 1 aromatic carbocycles. The molecule has 0 saturated heterocycles. The van der Waals surface area contributed by atoms with E-state index < -0.39 is 0 Å². The highest BCUT2D eigenvalue weighted by Crippen LogP contribution is 2.14. The van der Waals surface area contributed by atoms with Crippen LogP contribution in [0.5, 0.6) is 5.75 Å². The van der Waals surface area contributed by atoms with E-state index in [0.717, 1.165) is 18.6 Å². The molecule has 0 aliphatic rings. The molecule has 0 spiro atoms. The molecule has 0 aliphatic carbocycles. The van der Waals surface area contributed by atoms with E-state index in [1.807, 2.05) is 0 Å². The van der Waals surface area contributed by atoms with Gasteiger partial charge in [0, 0.05) is 5.56 Å². The first-order valence-electron chi connectivity index (χ1n) is 6.71. The second kappa shape index (κ2) is 7.59. The van der Waals surface area contributed by atoms with Gasteiger partial charge in [-0.2, -0.15) is 0 Å². The average molecular weight is 306 g/mol. The highest BCUT2D eigenvalue weighted by atomic mass is 35.5. The maximum absolute atomic E-state index is 12.0. The molecular formula is C15H16ClN3O2. The molecule has 0 fully saturated rings. The molecule has 1 N–H and O–H groups in total. The summed E-state index contributed by atoms with van der Waals surface area (Å²) < 4.78 is 5.54. The van der Waals surface area contributed by atoms with Crippen molar-refractivity contribution >= 4 is 23.3 Å². The average Bonchev–Trinajstić information content (AvgIpc) is 2.48. The summed E-state index contributed by atoms with van der Waals surface area (Å²) in [7, 11) is 0. The molecule has 5 nitrogen and oxygen atoms in total. The maximum atomic E-state index is 12.0. The maximum Gasteiger partial charge on any atom is 0.256 e. The standard InChI is InChI=1S/C15H16ClN3O2/c1-2-3-8-21-12-6-4-11(5-7-12)15(20)19-14-10-17-9-13(16)18-14/h4-7,9-10H,2-3,8H2,1H3,(H,18,19,20). The van der Waals surface area contributed by atoms with E-state index in [1.165, 1.54) is 12.4 Å². The number of nitrogens with one attached hydrogen (secondary N) is 1. The largest absolute Gasteiger partial charge is 0.494 e. The van der Waals surface area contributed by atoms with Crippen molar-refractivity contribution in [3.05, 3.63) is 47.4 Å². The van der Waals surface area contributed by atoms with Gasteiger partial charge in [0.05, 0.1) is 19.0 Å². The van der Waals surface area contributed by atoms with Crippen molar-refractivity contribution in [3.8, 4) is 5.75 Å². The van der Waals surface area contributed by atoms with Gasteiger partial charge in [-0.15, -0.1) is 0 Å². The Morgan fingerprint density at radius 1 is 1.29 bits per heavy atom. The Bertz CT molecular complexity index is 602. The number of rotatable bonds is 6. The number of benzene rings is 1. The molecule has 6 heteroatoms. The van der Waals surface area contributed by atoms with Crippen LogP contribution in [0.15, 0.2) is 36.7 Å². The number of amides is 1. The van der Waals surface area contributed by atoms with E-state index in [1.54, 1.807) is 24.3 Å². The number of carbonyl (C=O) groups excluding carboxylic acids is 1. The second-order valence-electron chi connectivity index (χ2n) is 4.41. The zero-order valence-corrected chi connectivity index (χ0v) is 12.4. The Labute approximate surface area is 128 Å². The Kier molecular flexibility index (Phi) is 5.51. The molecule has 21 heavy (non-hydrogen) atoms. The molecule has 0 atom stereocenters. The topological polar surface area (TPSA) is 64.1 Å². The molecule has 1 aromatic heterocycles. The fraction of sp³-hybridized carbons (Fsp3) is 0.267. The number of nitrogens with zero attached hydrogens (tertiary/aromatic N) is 2. The van der Waals surface area contributed by atoms with Crippen LogP contribution in [0.3, 0.4) is 0 Å². The number of carbonyl (C=O) groups is 1. The normalized spacial score (nSPS) is 10.2. The minimum atomic E-state index is -0.272. The minimum Gasteiger partial charge on any atom is -0.494 e. The molecule has 1 amide bonds. The summed E-state index contributed by atoms with van der Waals surface area (Å²) in [4.78, 5) is 19.8. The van der Waals surface area contributed by atoms with Gasteiger partial charge in [-0.25, -0.2) is 4.98 Å². The summed E-state index contributed by atoms with van der Waals surface area (Å²) in [5.74, 6) is 0.796. The van der Waals surface area contributed by atoms with E-state index >= 15 is 0 Å². The van der Waals surface area contributed by atoms with Crippen LogP contribution < -0.4 is 10.1 Å².